The molecule has 1 aromatic carbocycles. The van der Waals surface area contributed by atoms with Crippen molar-refractivity contribution in [3.8, 4) is 0 Å². The Hall–Kier alpha value is -0.890. The van der Waals surface area contributed by atoms with Crippen molar-refractivity contribution in [2.45, 2.75) is 37.8 Å². The zero-order valence-electron chi connectivity index (χ0n) is 9.80. The molecule has 0 spiro atoms. The van der Waals surface area contributed by atoms with Crippen molar-refractivity contribution in [3.63, 3.8) is 0 Å². The monoisotopic (exact) mass is 362 g/mol. The van der Waals surface area contributed by atoms with Crippen LogP contribution in [0.25, 0.3) is 0 Å². The van der Waals surface area contributed by atoms with E-state index in [0.717, 1.165) is 34.9 Å². The molecule has 0 saturated heterocycles. The number of non-ortho nitro benzene ring substituents is 1. The third kappa shape index (κ3) is 3.32. The third-order valence-corrected chi connectivity index (χ3v) is 4.11. The number of aliphatic hydroxyl groups is 1. The summed E-state index contributed by atoms with van der Waals surface area (Å²) < 4.78 is 0.855. The Morgan fingerprint density at radius 3 is 2.56 bits per heavy atom. The van der Waals surface area contributed by atoms with Crippen molar-refractivity contribution in [1.29, 1.82) is 0 Å². The second kappa shape index (κ2) is 5.83. The molecular formula is C12H15IN2O3. The van der Waals surface area contributed by atoms with Gasteiger partial charge in [0.1, 0.15) is 0 Å². The van der Waals surface area contributed by atoms with Gasteiger partial charge in [0.05, 0.1) is 11.0 Å². The molecule has 0 aliphatic heterocycles. The van der Waals surface area contributed by atoms with Crippen molar-refractivity contribution in [2.75, 3.05) is 5.32 Å². The Bertz CT molecular complexity index is 445. The molecular weight excluding hydrogens is 347 g/mol. The minimum Gasteiger partial charge on any atom is -0.393 e. The molecule has 0 atom stereocenters. The van der Waals surface area contributed by atoms with Crippen LogP contribution in [0.4, 0.5) is 11.4 Å². The molecule has 6 heteroatoms. The molecule has 0 aromatic heterocycles. The first kappa shape index (κ1) is 13.5. The normalized spacial score (nSPS) is 23.7. The van der Waals surface area contributed by atoms with Crippen LogP contribution in [0.1, 0.15) is 25.7 Å². The van der Waals surface area contributed by atoms with E-state index in [1.165, 1.54) is 6.07 Å². The van der Waals surface area contributed by atoms with E-state index in [9.17, 15) is 15.2 Å². The van der Waals surface area contributed by atoms with Crippen molar-refractivity contribution < 1.29 is 10.0 Å². The summed E-state index contributed by atoms with van der Waals surface area (Å²) in [5, 5.41) is 23.5. The quantitative estimate of drug-likeness (QED) is 0.493. The Kier molecular flexibility index (Phi) is 4.39. The maximum Gasteiger partial charge on any atom is 0.270 e. The average Bonchev–Trinajstić information content (AvgIpc) is 2.34. The molecule has 0 unspecified atom stereocenters. The first-order valence-electron chi connectivity index (χ1n) is 5.95. The number of nitrogens with zero attached hydrogens (tertiary/aromatic N) is 1. The molecule has 1 fully saturated rings. The molecule has 2 rings (SSSR count). The molecule has 0 radical (unpaired) electrons. The zero-order valence-corrected chi connectivity index (χ0v) is 12.0. The molecule has 1 aliphatic carbocycles. The summed E-state index contributed by atoms with van der Waals surface area (Å²) in [6, 6.07) is 5.19. The fourth-order valence-corrected chi connectivity index (χ4v) is 2.83. The van der Waals surface area contributed by atoms with E-state index in [-0.39, 0.29) is 16.7 Å². The number of aliphatic hydroxyl groups excluding tert-OH is 1. The number of nitrogens with one attached hydrogen (secondary N) is 1. The fraction of sp³-hybridized carbons (Fsp3) is 0.500. The van der Waals surface area contributed by atoms with Crippen molar-refractivity contribution >= 4 is 34.0 Å². The van der Waals surface area contributed by atoms with Gasteiger partial charge in [0.2, 0.25) is 0 Å². The molecule has 1 aromatic rings. The molecule has 1 saturated carbocycles. The van der Waals surface area contributed by atoms with E-state index in [1.54, 1.807) is 12.1 Å². The first-order chi connectivity index (χ1) is 8.56. The Balaban J connectivity index is 2.03. The molecule has 18 heavy (non-hydrogen) atoms. The Morgan fingerprint density at radius 1 is 1.33 bits per heavy atom. The van der Waals surface area contributed by atoms with E-state index in [4.69, 9.17) is 0 Å². The number of halogens is 1. The summed E-state index contributed by atoms with van der Waals surface area (Å²) in [5.74, 6) is 0. The van der Waals surface area contributed by atoms with Crippen LogP contribution in [0, 0.1) is 13.7 Å². The highest BCUT2D eigenvalue weighted by molar-refractivity contribution is 14.1. The number of hydrogen-bond acceptors (Lipinski definition) is 4. The third-order valence-electron chi connectivity index (χ3n) is 3.22. The second-order valence-electron chi connectivity index (χ2n) is 4.57. The minimum absolute atomic E-state index is 0.115. The van der Waals surface area contributed by atoms with Gasteiger partial charge in [-0.25, -0.2) is 0 Å². The summed E-state index contributed by atoms with van der Waals surface area (Å²) in [6.45, 7) is 0. The Morgan fingerprint density at radius 2 is 2.00 bits per heavy atom. The van der Waals surface area contributed by atoms with Gasteiger partial charge in [0.25, 0.3) is 5.69 Å². The van der Waals surface area contributed by atoms with Crippen LogP contribution in [0.3, 0.4) is 0 Å². The molecule has 5 nitrogen and oxygen atoms in total. The van der Waals surface area contributed by atoms with Gasteiger partial charge in [0.15, 0.2) is 0 Å². The van der Waals surface area contributed by atoms with Crippen LogP contribution >= 0.6 is 22.6 Å². The smallest absolute Gasteiger partial charge is 0.270 e. The van der Waals surface area contributed by atoms with Crippen LogP contribution in [-0.4, -0.2) is 22.2 Å². The maximum absolute atomic E-state index is 10.6. The Labute approximate surface area is 119 Å². The predicted molar refractivity (Wildman–Crippen MR) is 77.7 cm³/mol. The molecule has 0 heterocycles. The highest BCUT2D eigenvalue weighted by Gasteiger charge is 2.20. The van der Waals surface area contributed by atoms with Crippen LogP contribution in [-0.2, 0) is 0 Å². The van der Waals surface area contributed by atoms with E-state index in [0.29, 0.717) is 6.04 Å². The van der Waals surface area contributed by atoms with Gasteiger partial charge in [-0.3, -0.25) is 10.1 Å². The standard InChI is InChI=1S/C12H15IN2O3/c13-11-7-9(15(17)18)3-6-12(11)14-8-1-4-10(16)5-2-8/h3,6-8,10,14,16H,1-2,4-5H2. The number of anilines is 1. The van der Waals surface area contributed by atoms with E-state index < -0.39 is 0 Å². The maximum atomic E-state index is 10.6. The zero-order chi connectivity index (χ0) is 13.1. The minimum atomic E-state index is -0.386. The fourth-order valence-electron chi connectivity index (χ4n) is 2.17. The van der Waals surface area contributed by atoms with Gasteiger partial charge in [0, 0.05) is 27.4 Å². The number of nitro groups is 1. The van der Waals surface area contributed by atoms with Gasteiger partial charge in [-0.2, -0.15) is 0 Å². The highest BCUT2D eigenvalue weighted by Crippen LogP contribution is 2.27. The number of nitro benzene ring substituents is 1. The lowest BCUT2D eigenvalue weighted by atomic mass is 9.93. The van der Waals surface area contributed by atoms with Gasteiger partial charge >= 0.3 is 0 Å². The summed E-state index contributed by atoms with van der Waals surface area (Å²) in [5.41, 5.74) is 1.05. The van der Waals surface area contributed by atoms with E-state index >= 15 is 0 Å². The van der Waals surface area contributed by atoms with Crippen LogP contribution < -0.4 is 5.32 Å². The van der Waals surface area contributed by atoms with Crippen molar-refractivity contribution in [3.05, 3.63) is 31.9 Å². The van der Waals surface area contributed by atoms with Crippen molar-refractivity contribution in [2.24, 2.45) is 0 Å². The number of rotatable bonds is 3. The number of benzene rings is 1. The SMILES string of the molecule is O=[N+]([O-])c1ccc(NC2CCC(O)CC2)c(I)c1. The molecule has 98 valence electrons. The van der Waals surface area contributed by atoms with Gasteiger partial charge in [-0.1, -0.05) is 0 Å². The highest BCUT2D eigenvalue weighted by atomic mass is 127. The molecule has 2 N–H and O–H groups in total. The summed E-state index contributed by atoms with van der Waals surface area (Å²) in [7, 11) is 0. The van der Waals surface area contributed by atoms with Crippen LogP contribution in [0.5, 0.6) is 0 Å². The summed E-state index contributed by atoms with van der Waals surface area (Å²) in [4.78, 5) is 10.3. The lowest BCUT2D eigenvalue weighted by Gasteiger charge is -2.27. The van der Waals surface area contributed by atoms with E-state index in [1.807, 2.05) is 0 Å². The summed E-state index contributed by atoms with van der Waals surface area (Å²) in [6.07, 6.45) is 3.35. The second-order valence-corrected chi connectivity index (χ2v) is 5.73. The average molecular weight is 362 g/mol. The topological polar surface area (TPSA) is 75.4 Å². The largest absolute Gasteiger partial charge is 0.393 e. The lowest BCUT2D eigenvalue weighted by Crippen LogP contribution is -2.28. The predicted octanol–water partition coefficient (Wildman–Crippen LogP) is 2.91. The van der Waals surface area contributed by atoms with Gasteiger partial charge in [-0.05, 0) is 54.3 Å². The van der Waals surface area contributed by atoms with Crippen molar-refractivity contribution in [1.82, 2.24) is 0 Å². The molecule has 1 aliphatic rings. The van der Waals surface area contributed by atoms with Gasteiger partial charge in [-0.15, -0.1) is 0 Å². The van der Waals surface area contributed by atoms with E-state index in [2.05, 4.69) is 27.9 Å². The molecule has 0 amide bonds. The lowest BCUT2D eigenvalue weighted by molar-refractivity contribution is -0.384. The first-order valence-corrected chi connectivity index (χ1v) is 7.02. The van der Waals surface area contributed by atoms with Gasteiger partial charge < -0.3 is 10.4 Å². The van der Waals surface area contributed by atoms with Crippen LogP contribution in [0.15, 0.2) is 18.2 Å². The number of hydrogen-bond donors (Lipinski definition) is 2. The molecule has 0 bridgehead atoms. The summed E-state index contributed by atoms with van der Waals surface area (Å²) >= 11 is 2.10. The van der Waals surface area contributed by atoms with Crippen LogP contribution in [0.2, 0.25) is 0 Å².